The second kappa shape index (κ2) is 11.9. The quantitative estimate of drug-likeness (QED) is 0.266. The molecule has 1 saturated heterocycles. The van der Waals surface area contributed by atoms with Crippen molar-refractivity contribution in [2.24, 2.45) is 4.99 Å². The highest BCUT2D eigenvalue weighted by Gasteiger charge is 2.45. The molecule has 0 unspecified atom stereocenters. The first-order chi connectivity index (χ1) is 19.6. The van der Waals surface area contributed by atoms with Crippen LogP contribution in [0.3, 0.4) is 0 Å². The summed E-state index contributed by atoms with van der Waals surface area (Å²) < 4.78 is 6.81. The molecule has 0 saturated carbocycles. The first-order valence-electron chi connectivity index (χ1n) is 13.0. The van der Waals surface area contributed by atoms with Gasteiger partial charge >= 0.3 is 6.03 Å². The van der Waals surface area contributed by atoms with E-state index in [0.29, 0.717) is 23.7 Å². The number of non-ortho nitro benzene ring substituents is 1. The fourth-order valence-electron chi connectivity index (χ4n) is 5.00. The lowest BCUT2D eigenvalue weighted by molar-refractivity contribution is -0.384. The number of urea groups is 1. The van der Waals surface area contributed by atoms with E-state index in [1.165, 1.54) is 17.0 Å². The summed E-state index contributed by atoms with van der Waals surface area (Å²) in [6.07, 6.45) is -0.307. The molecule has 0 radical (unpaired) electrons. The Morgan fingerprint density at radius 1 is 1.17 bits per heavy atom. The van der Waals surface area contributed by atoms with Gasteiger partial charge < -0.3 is 15.0 Å². The molecule has 5 rings (SSSR count). The topological polar surface area (TPSA) is 117 Å². The number of nitro benzene ring substituents is 1. The van der Waals surface area contributed by atoms with Gasteiger partial charge in [0.2, 0.25) is 5.91 Å². The summed E-state index contributed by atoms with van der Waals surface area (Å²) in [5.74, 6) is 0.255. The summed E-state index contributed by atoms with van der Waals surface area (Å²) in [5.41, 5.74) is 1.89. The van der Waals surface area contributed by atoms with Crippen molar-refractivity contribution in [3.63, 3.8) is 0 Å². The Hall–Kier alpha value is -3.96. The van der Waals surface area contributed by atoms with E-state index in [-0.39, 0.29) is 35.8 Å². The Morgan fingerprint density at radius 3 is 2.56 bits per heavy atom. The molecule has 0 spiro atoms. The number of carbonyl (C=O) groups excluding carboxylic acids is 2. The predicted molar refractivity (Wildman–Crippen MR) is 158 cm³/mol. The van der Waals surface area contributed by atoms with E-state index < -0.39 is 23.0 Å². The van der Waals surface area contributed by atoms with Crippen molar-refractivity contribution in [2.45, 2.75) is 32.0 Å². The number of aliphatic imine (C=N–C) groups is 1. The summed E-state index contributed by atoms with van der Waals surface area (Å²) in [5, 5.41) is 14.9. The molecule has 2 aliphatic rings. The van der Waals surface area contributed by atoms with Gasteiger partial charge in [-0.05, 0) is 49.2 Å². The smallest absolute Gasteiger partial charge is 0.326 e. The molecular weight excluding hydrogens is 614 g/mol. The molecule has 10 nitrogen and oxygen atoms in total. The molecule has 3 amide bonds. The first-order valence-corrected chi connectivity index (χ1v) is 14.2. The van der Waals surface area contributed by atoms with E-state index in [4.69, 9.17) is 21.3 Å². The number of hydrogen-bond donors (Lipinski definition) is 1. The fourth-order valence-corrected chi connectivity index (χ4v) is 5.65. The second-order valence-corrected chi connectivity index (χ2v) is 11.2. The van der Waals surface area contributed by atoms with E-state index in [2.05, 4.69) is 21.2 Å². The van der Waals surface area contributed by atoms with Gasteiger partial charge in [-0.25, -0.2) is 4.79 Å². The number of piperazine rings is 1. The van der Waals surface area contributed by atoms with Gasteiger partial charge in [-0.1, -0.05) is 57.9 Å². The number of benzene rings is 3. The van der Waals surface area contributed by atoms with Gasteiger partial charge in [-0.2, -0.15) is 0 Å². The van der Waals surface area contributed by atoms with Gasteiger partial charge in [0.1, 0.15) is 24.2 Å². The molecule has 2 atom stereocenters. The standard InChI is InChI=1S/C29H27BrClN5O5/c1-17(2)41-24-15-20(36(39)40)11-12-22(24)28-33-26(18-7-9-19(31)10-8-18)27(21-5-3-4-6-23(21)30)35(28)29(38)34-14-13-32-25(37)16-34/h3-12,15,17,26-27H,13-14,16H2,1-2H3,(H,32,37)/t26-,27+/m0/s1. The van der Waals surface area contributed by atoms with Crippen LogP contribution in [0.4, 0.5) is 10.5 Å². The summed E-state index contributed by atoms with van der Waals surface area (Å²) in [7, 11) is 0. The molecule has 2 aliphatic heterocycles. The number of halogens is 2. The van der Waals surface area contributed by atoms with Crippen molar-refractivity contribution in [2.75, 3.05) is 19.6 Å². The fraction of sp³-hybridized carbons (Fsp3) is 0.276. The molecular formula is C29H27BrClN5O5. The zero-order valence-corrected chi connectivity index (χ0v) is 24.6. The number of nitrogens with one attached hydrogen (secondary N) is 1. The largest absolute Gasteiger partial charge is 0.490 e. The van der Waals surface area contributed by atoms with E-state index in [1.807, 2.05) is 50.2 Å². The Labute approximate surface area is 250 Å². The van der Waals surface area contributed by atoms with Gasteiger partial charge in [0.05, 0.1) is 28.7 Å². The van der Waals surface area contributed by atoms with Crippen molar-refractivity contribution < 1.29 is 19.2 Å². The zero-order chi connectivity index (χ0) is 29.3. The van der Waals surface area contributed by atoms with Crippen molar-refractivity contribution in [3.05, 3.63) is 103 Å². The van der Waals surface area contributed by atoms with E-state index in [0.717, 1.165) is 15.6 Å². The first kappa shape index (κ1) is 28.6. The summed E-state index contributed by atoms with van der Waals surface area (Å²) in [6, 6.07) is 17.5. The molecule has 12 heteroatoms. The zero-order valence-electron chi connectivity index (χ0n) is 22.3. The third-order valence-electron chi connectivity index (χ3n) is 6.80. The molecule has 1 fully saturated rings. The Bertz CT molecular complexity index is 1530. The van der Waals surface area contributed by atoms with Gasteiger partial charge in [0, 0.05) is 28.7 Å². The van der Waals surface area contributed by atoms with Gasteiger partial charge in [0.15, 0.2) is 0 Å². The minimum atomic E-state index is -0.624. The van der Waals surface area contributed by atoms with Crippen LogP contribution in [0.15, 0.2) is 76.2 Å². The molecule has 0 aromatic heterocycles. The van der Waals surface area contributed by atoms with E-state index in [1.54, 1.807) is 23.1 Å². The molecule has 3 aromatic carbocycles. The van der Waals surface area contributed by atoms with Crippen LogP contribution >= 0.6 is 27.5 Å². The van der Waals surface area contributed by atoms with Crippen LogP contribution in [-0.2, 0) is 4.79 Å². The van der Waals surface area contributed by atoms with Crippen molar-refractivity contribution in [3.8, 4) is 5.75 Å². The lowest BCUT2D eigenvalue weighted by Crippen LogP contribution is -2.55. The van der Waals surface area contributed by atoms with Crippen LogP contribution in [0.1, 0.15) is 42.6 Å². The van der Waals surface area contributed by atoms with Gasteiger partial charge in [-0.3, -0.25) is 24.8 Å². The molecule has 3 aromatic rings. The molecule has 41 heavy (non-hydrogen) atoms. The highest BCUT2D eigenvalue weighted by Crippen LogP contribution is 2.47. The highest BCUT2D eigenvalue weighted by molar-refractivity contribution is 9.10. The summed E-state index contributed by atoms with van der Waals surface area (Å²) >= 11 is 9.86. The van der Waals surface area contributed by atoms with Crippen LogP contribution in [0.5, 0.6) is 5.75 Å². The minimum Gasteiger partial charge on any atom is -0.490 e. The normalized spacial score (nSPS) is 18.8. The maximum absolute atomic E-state index is 14.4. The Balaban J connectivity index is 1.74. The van der Waals surface area contributed by atoms with Crippen molar-refractivity contribution >= 4 is 51.0 Å². The Morgan fingerprint density at radius 2 is 1.90 bits per heavy atom. The van der Waals surface area contributed by atoms with Crippen molar-refractivity contribution in [1.29, 1.82) is 0 Å². The molecule has 212 valence electrons. The number of rotatable bonds is 6. The minimum absolute atomic E-state index is 0.105. The average Bonchev–Trinajstić information content (AvgIpc) is 3.33. The van der Waals surface area contributed by atoms with Gasteiger partial charge in [0.25, 0.3) is 5.69 Å². The SMILES string of the molecule is CC(C)Oc1cc([N+](=O)[O-])ccc1C1=N[C@@H](c2ccc(Cl)cc2)[C@@H](c2ccccc2Br)N1C(=O)N1CCNC(=O)C1. The van der Waals surface area contributed by atoms with E-state index in [9.17, 15) is 19.7 Å². The number of nitro groups is 1. The second-order valence-electron chi connectivity index (χ2n) is 9.94. The van der Waals surface area contributed by atoms with Crippen LogP contribution in [0, 0.1) is 10.1 Å². The van der Waals surface area contributed by atoms with Crippen LogP contribution in [0.2, 0.25) is 5.02 Å². The molecule has 0 aliphatic carbocycles. The molecule has 1 N–H and O–H groups in total. The Kier molecular flexibility index (Phi) is 8.27. The third kappa shape index (κ3) is 5.91. The predicted octanol–water partition coefficient (Wildman–Crippen LogP) is 5.89. The monoisotopic (exact) mass is 639 g/mol. The molecule has 0 bridgehead atoms. The number of nitrogens with zero attached hydrogens (tertiary/aromatic N) is 4. The average molecular weight is 641 g/mol. The van der Waals surface area contributed by atoms with Crippen molar-refractivity contribution in [1.82, 2.24) is 15.1 Å². The number of carbonyl (C=O) groups is 2. The van der Waals surface area contributed by atoms with Gasteiger partial charge in [-0.15, -0.1) is 0 Å². The summed E-state index contributed by atoms with van der Waals surface area (Å²) in [6.45, 7) is 4.17. The van der Waals surface area contributed by atoms with Crippen LogP contribution in [-0.4, -0.2) is 58.2 Å². The van der Waals surface area contributed by atoms with Crippen LogP contribution < -0.4 is 10.1 Å². The number of amidine groups is 1. The molecule has 2 heterocycles. The van der Waals surface area contributed by atoms with Crippen LogP contribution in [0.25, 0.3) is 0 Å². The maximum atomic E-state index is 14.4. The van der Waals surface area contributed by atoms with E-state index >= 15 is 0 Å². The lowest BCUT2D eigenvalue weighted by atomic mass is 9.93. The summed E-state index contributed by atoms with van der Waals surface area (Å²) in [4.78, 5) is 45.9. The maximum Gasteiger partial charge on any atom is 0.326 e. The number of hydrogen-bond acceptors (Lipinski definition) is 6. The lowest BCUT2D eigenvalue weighted by Gasteiger charge is -2.36. The third-order valence-corrected chi connectivity index (χ3v) is 7.77. The number of amides is 3. The highest BCUT2D eigenvalue weighted by atomic mass is 79.9. The number of ether oxygens (including phenoxy) is 1.